The average Bonchev–Trinajstić information content (AvgIpc) is 2.91. The molecule has 1 saturated carbocycles. The van der Waals surface area contributed by atoms with Crippen molar-refractivity contribution in [2.75, 3.05) is 0 Å². The van der Waals surface area contributed by atoms with Crippen LogP contribution in [0.4, 0.5) is 0 Å². The summed E-state index contributed by atoms with van der Waals surface area (Å²) in [4.78, 5) is 0. The molecule has 2 heteroatoms. The van der Waals surface area contributed by atoms with Gasteiger partial charge in [-0.1, -0.05) is 29.8 Å². The van der Waals surface area contributed by atoms with Crippen LogP contribution in [0.1, 0.15) is 38.2 Å². The monoisotopic (exact) mass is 254 g/mol. The van der Waals surface area contributed by atoms with Gasteiger partial charge in [0.05, 0.1) is 6.10 Å². The number of rotatable bonds is 3. The van der Waals surface area contributed by atoms with Crippen LogP contribution in [-0.2, 0) is 0 Å². The van der Waals surface area contributed by atoms with Crippen molar-refractivity contribution in [1.82, 2.24) is 0 Å². The number of hydrogen-bond donors (Lipinski definition) is 0. The van der Waals surface area contributed by atoms with Gasteiger partial charge in [-0.2, -0.15) is 0 Å². The SMILES string of the molecule is CC(C)c1cc(Br)ccc1OC1CC1. The molecular weight excluding hydrogens is 240 g/mol. The summed E-state index contributed by atoms with van der Waals surface area (Å²) in [5, 5.41) is 0. The smallest absolute Gasteiger partial charge is 0.123 e. The van der Waals surface area contributed by atoms with Crippen LogP contribution in [-0.4, -0.2) is 6.10 Å². The maximum Gasteiger partial charge on any atom is 0.123 e. The minimum absolute atomic E-state index is 0.480. The third-order valence-corrected chi connectivity index (χ3v) is 2.91. The highest BCUT2D eigenvalue weighted by molar-refractivity contribution is 9.10. The highest BCUT2D eigenvalue weighted by Crippen LogP contribution is 2.34. The molecule has 0 spiro atoms. The molecule has 0 aromatic heterocycles. The molecule has 0 saturated heterocycles. The second-order valence-electron chi connectivity index (χ2n) is 4.15. The van der Waals surface area contributed by atoms with Crippen molar-refractivity contribution in [2.24, 2.45) is 0 Å². The van der Waals surface area contributed by atoms with E-state index < -0.39 is 0 Å². The van der Waals surface area contributed by atoms with Gasteiger partial charge < -0.3 is 4.74 Å². The minimum atomic E-state index is 0.480. The second-order valence-corrected chi connectivity index (χ2v) is 5.07. The average molecular weight is 255 g/mol. The summed E-state index contributed by atoms with van der Waals surface area (Å²) in [6, 6.07) is 6.27. The van der Waals surface area contributed by atoms with Gasteiger partial charge in [0, 0.05) is 4.47 Å². The Morgan fingerprint density at radius 3 is 2.64 bits per heavy atom. The van der Waals surface area contributed by atoms with Gasteiger partial charge in [0.15, 0.2) is 0 Å². The van der Waals surface area contributed by atoms with E-state index in [4.69, 9.17) is 4.74 Å². The maximum absolute atomic E-state index is 5.85. The molecule has 0 bridgehead atoms. The summed E-state index contributed by atoms with van der Waals surface area (Å²) in [5.41, 5.74) is 1.30. The Labute approximate surface area is 93.6 Å². The zero-order chi connectivity index (χ0) is 10.1. The molecule has 1 aliphatic carbocycles. The fraction of sp³-hybridized carbons (Fsp3) is 0.500. The van der Waals surface area contributed by atoms with E-state index in [0.29, 0.717) is 12.0 Å². The predicted octanol–water partition coefficient (Wildman–Crippen LogP) is 4.11. The normalized spacial score (nSPS) is 16.0. The van der Waals surface area contributed by atoms with Gasteiger partial charge in [0.25, 0.3) is 0 Å². The van der Waals surface area contributed by atoms with Crippen molar-refractivity contribution < 1.29 is 4.74 Å². The quantitative estimate of drug-likeness (QED) is 0.789. The minimum Gasteiger partial charge on any atom is -0.490 e. The summed E-state index contributed by atoms with van der Waals surface area (Å²) in [6.45, 7) is 4.39. The molecule has 76 valence electrons. The molecule has 0 unspecified atom stereocenters. The summed E-state index contributed by atoms with van der Waals surface area (Å²) in [6.07, 6.45) is 2.91. The molecule has 1 aliphatic rings. The largest absolute Gasteiger partial charge is 0.490 e. The molecule has 0 heterocycles. The van der Waals surface area contributed by atoms with E-state index in [9.17, 15) is 0 Å². The first kappa shape index (κ1) is 10.0. The number of benzene rings is 1. The summed E-state index contributed by atoms with van der Waals surface area (Å²) >= 11 is 3.49. The molecule has 0 aliphatic heterocycles. The molecule has 1 aromatic rings. The fourth-order valence-electron chi connectivity index (χ4n) is 1.44. The molecule has 2 rings (SSSR count). The van der Waals surface area contributed by atoms with Crippen LogP contribution in [0.25, 0.3) is 0 Å². The van der Waals surface area contributed by atoms with Crippen LogP contribution < -0.4 is 4.74 Å². The highest BCUT2D eigenvalue weighted by Gasteiger charge is 2.24. The van der Waals surface area contributed by atoms with E-state index in [1.165, 1.54) is 18.4 Å². The summed E-state index contributed by atoms with van der Waals surface area (Å²) in [7, 11) is 0. The van der Waals surface area contributed by atoms with E-state index in [2.05, 4.69) is 41.9 Å². The van der Waals surface area contributed by atoms with E-state index in [1.54, 1.807) is 0 Å². The van der Waals surface area contributed by atoms with Gasteiger partial charge in [-0.25, -0.2) is 0 Å². The second kappa shape index (κ2) is 3.93. The molecule has 1 fully saturated rings. The standard InChI is InChI=1S/C12H15BrO/c1-8(2)11-7-9(13)3-6-12(11)14-10-4-5-10/h3,6-8,10H,4-5H2,1-2H3. The van der Waals surface area contributed by atoms with Crippen molar-refractivity contribution in [3.63, 3.8) is 0 Å². The Bertz CT molecular complexity index is 329. The lowest BCUT2D eigenvalue weighted by molar-refractivity contribution is 0.299. The van der Waals surface area contributed by atoms with Crippen molar-refractivity contribution >= 4 is 15.9 Å². The maximum atomic E-state index is 5.85. The Morgan fingerprint density at radius 1 is 1.36 bits per heavy atom. The third kappa shape index (κ3) is 2.30. The van der Waals surface area contributed by atoms with E-state index in [-0.39, 0.29) is 0 Å². The summed E-state index contributed by atoms with van der Waals surface area (Å²) < 4.78 is 6.98. The van der Waals surface area contributed by atoms with Crippen molar-refractivity contribution in [3.05, 3.63) is 28.2 Å². The van der Waals surface area contributed by atoms with Crippen LogP contribution in [0.15, 0.2) is 22.7 Å². The van der Waals surface area contributed by atoms with Gasteiger partial charge in [0.1, 0.15) is 5.75 Å². The highest BCUT2D eigenvalue weighted by atomic mass is 79.9. The van der Waals surface area contributed by atoms with Crippen molar-refractivity contribution in [1.29, 1.82) is 0 Å². The number of ether oxygens (including phenoxy) is 1. The van der Waals surface area contributed by atoms with E-state index in [1.807, 2.05) is 6.07 Å². The number of hydrogen-bond acceptors (Lipinski definition) is 1. The van der Waals surface area contributed by atoms with Crippen LogP contribution in [0, 0.1) is 0 Å². The van der Waals surface area contributed by atoms with Crippen LogP contribution in [0.5, 0.6) is 5.75 Å². The van der Waals surface area contributed by atoms with E-state index >= 15 is 0 Å². The van der Waals surface area contributed by atoms with Crippen LogP contribution in [0.3, 0.4) is 0 Å². The van der Waals surface area contributed by atoms with Gasteiger partial charge in [0.2, 0.25) is 0 Å². The Kier molecular flexibility index (Phi) is 2.82. The van der Waals surface area contributed by atoms with Crippen LogP contribution >= 0.6 is 15.9 Å². The zero-order valence-electron chi connectivity index (χ0n) is 8.59. The Morgan fingerprint density at radius 2 is 2.07 bits per heavy atom. The molecular formula is C12H15BrO. The van der Waals surface area contributed by atoms with Crippen molar-refractivity contribution in [2.45, 2.75) is 38.7 Å². The zero-order valence-corrected chi connectivity index (χ0v) is 10.2. The lowest BCUT2D eigenvalue weighted by Gasteiger charge is -2.13. The lowest BCUT2D eigenvalue weighted by atomic mass is 10.0. The third-order valence-electron chi connectivity index (χ3n) is 2.41. The van der Waals surface area contributed by atoms with Gasteiger partial charge >= 0.3 is 0 Å². The van der Waals surface area contributed by atoms with E-state index in [0.717, 1.165) is 10.2 Å². The predicted molar refractivity (Wildman–Crippen MR) is 61.9 cm³/mol. The molecule has 1 aromatic carbocycles. The van der Waals surface area contributed by atoms with Crippen molar-refractivity contribution in [3.8, 4) is 5.75 Å². The fourth-order valence-corrected chi connectivity index (χ4v) is 1.82. The molecule has 0 radical (unpaired) electrons. The Hall–Kier alpha value is -0.500. The molecule has 1 nitrogen and oxygen atoms in total. The molecule has 0 atom stereocenters. The van der Waals surface area contributed by atoms with Gasteiger partial charge in [-0.3, -0.25) is 0 Å². The first-order chi connectivity index (χ1) is 6.66. The van der Waals surface area contributed by atoms with Gasteiger partial charge in [-0.15, -0.1) is 0 Å². The molecule has 0 amide bonds. The number of halogens is 1. The van der Waals surface area contributed by atoms with Gasteiger partial charge in [-0.05, 0) is 42.5 Å². The topological polar surface area (TPSA) is 9.23 Å². The summed E-state index contributed by atoms with van der Waals surface area (Å²) in [5.74, 6) is 1.58. The molecule has 14 heavy (non-hydrogen) atoms. The first-order valence-electron chi connectivity index (χ1n) is 5.13. The lowest BCUT2D eigenvalue weighted by Crippen LogP contribution is -2.00. The molecule has 0 N–H and O–H groups in total. The van der Waals surface area contributed by atoms with Crippen LogP contribution in [0.2, 0.25) is 0 Å². The Balaban J connectivity index is 2.26. The first-order valence-corrected chi connectivity index (χ1v) is 5.92.